The molecule has 2 heterocycles. The summed E-state index contributed by atoms with van der Waals surface area (Å²) < 4.78 is 16.2. The molecule has 0 unspecified atom stereocenters. The number of nitrogens with zero attached hydrogens (tertiary/aromatic N) is 1. The molecule has 0 atom stereocenters. The average Bonchev–Trinajstić information content (AvgIpc) is 3.32. The topological polar surface area (TPSA) is 92.9 Å². The van der Waals surface area contributed by atoms with Crippen LogP contribution >= 0.6 is 0 Å². The second-order valence-electron chi connectivity index (χ2n) is 8.90. The Hall–Kier alpha value is -3.68. The normalized spacial score (nSPS) is 15.3. The number of carbonyl (C=O) groups is 1. The number of benzene rings is 2. The molecule has 34 heavy (non-hydrogen) atoms. The van der Waals surface area contributed by atoms with Crippen LogP contribution in [0.5, 0.6) is 17.2 Å². The van der Waals surface area contributed by atoms with Gasteiger partial charge in [0.05, 0.1) is 13.7 Å². The van der Waals surface area contributed by atoms with Gasteiger partial charge in [0.1, 0.15) is 5.75 Å². The quantitative estimate of drug-likeness (QED) is 0.568. The van der Waals surface area contributed by atoms with Crippen molar-refractivity contribution in [1.29, 1.82) is 0 Å². The van der Waals surface area contributed by atoms with Crippen molar-refractivity contribution in [2.45, 2.75) is 51.2 Å². The number of aromatic nitrogens is 1. The Kier molecular flexibility index (Phi) is 6.29. The van der Waals surface area contributed by atoms with Crippen LogP contribution in [0.15, 0.2) is 47.3 Å². The first-order valence-corrected chi connectivity index (χ1v) is 11.7. The molecule has 2 aromatic carbocycles. The summed E-state index contributed by atoms with van der Waals surface area (Å²) in [5, 5.41) is 4.04. The molecule has 2 N–H and O–H groups in total. The van der Waals surface area contributed by atoms with Crippen LogP contribution < -0.4 is 25.1 Å². The zero-order chi connectivity index (χ0) is 23.5. The lowest BCUT2D eigenvalue weighted by molar-refractivity contribution is 0.173. The molecule has 1 saturated carbocycles. The van der Waals surface area contributed by atoms with E-state index in [1.807, 2.05) is 42.5 Å². The summed E-state index contributed by atoms with van der Waals surface area (Å²) in [4.78, 5) is 30.8. The Morgan fingerprint density at radius 1 is 1.06 bits per heavy atom. The van der Waals surface area contributed by atoms with E-state index in [4.69, 9.17) is 14.2 Å². The third-order valence-corrected chi connectivity index (χ3v) is 6.52. The molecule has 5 rings (SSSR count). The molecule has 2 aliphatic rings. The van der Waals surface area contributed by atoms with Gasteiger partial charge in [0, 0.05) is 29.1 Å². The standard InChI is InChI=1S/C26H29N3O5/c1-32-21-8-9-22-18(13-21)12-19(25(30)28-22)15-29(26(31)27-20-5-3-2-4-6-20)14-17-7-10-23-24(11-17)34-16-33-23/h7-13,20H,2-6,14-16H2,1H3,(H,27,31)(H,28,30). The Balaban J connectivity index is 1.42. The SMILES string of the molecule is COc1ccc2[nH]c(=O)c(CN(Cc3ccc4c(c3)OCO4)C(=O)NC3CCCCC3)cc2c1. The first-order chi connectivity index (χ1) is 16.6. The number of nitrogens with one attached hydrogen (secondary N) is 2. The number of hydrogen-bond acceptors (Lipinski definition) is 5. The van der Waals surface area contributed by atoms with Gasteiger partial charge in [-0.1, -0.05) is 25.3 Å². The monoisotopic (exact) mass is 463 g/mol. The number of amides is 2. The summed E-state index contributed by atoms with van der Waals surface area (Å²) >= 11 is 0. The number of aromatic amines is 1. The maximum absolute atomic E-state index is 13.4. The number of urea groups is 1. The summed E-state index contributed by atoms with van der Waals surface area (Å²) in [5.74, 6) is 2.07. The lowest BCUT2D eigenvalue weighted by Gasteiger charge is -2.28. The maximum Gasteiger partial charge on any atom is 0.318 e. The van der Waals surface area contributed by atoms with E-state index in [0.29, 0.717) is 29.4 Å². The molecule has 1 aliphatic heterocycles. The minimum atomic E-state index is -0.209. The third kappa shape index (κ3) is 4.81. The number of carbonyl (C=O) groups excluding carboxylic acids is 1. The Labute approximate surface area is 197 Å². The van der Waals surface area contributed by atoms with Crippen molar-refractivity contribution in [2.75, 3.05) is 13.9 Å². The number of hydrogen-bond donors (Lipinski definition) is 2. The number of H-pyrrole nitrogens is 1. The van der Waals surface area contributed by atoms with Crippen molar-refractivity contribution in [3.05, 3.63) is 63.9 Å². The van der Waals surface area contributed by atoms with Gasteiger partial charge in [-0.3, -0.25) is 4.79 Å². The fraction of sp³-hybridized carbons (Fsp3) is 0.385. The highest BCUT2D eigenvalue weighted by molar-refractivity contribution is 5.81. The van der Waals surface area contributed by atoms with Crippen LogP contribution in [0.3, 0.4) is 0 Å². The number of ether oxygens (including phenoxy) is 3. The van der Waals surface area contributed by atoms with E-state index in [-0.39, 0.29) is 31.0 Å². The Bertz CT molecular complexity index is 1250. The van der Waals surface area contributed by atoms with E-state index in [1.54, 1.807) is 12.0 Å². The van der Waals surface area contributed by atoms with Crippen LogP contribution in [0.25, 0.3) is 10.9 Å². The second kappa shape index (κ2) is 9.67. The highest BCUT2D eigenvalue weighted by Gasteiger charge is 2.22. The minimum absolute atomic E-state index is 0.166. The molecule has 0 radical (unpaired) electrons. The first-order valence-electron chi connectivity index (χ1n) is 11.7. The van der Waals surface area contributed by atoms with Crippen LogP contribution in [0.1, 0.15) is 43.2 Å². The molecule has 1 fully saturated rings. The van der Waals surface area contributed by atoms with E-state index in [2.05, 4.69) is 10.3 Å². The molecule has 2 amide bonds. The molecule has 178 valence electrons. The van der Waals surface area contributed by atoms with Crippen LogP contribution in [0.2, 0.25) is 0 Å². The molecule has 1 aliphatic carbocycles. The van der Waals surface area contributed by atoms with Crippen molar-refractivity contribution in [1.82, 2.24) is 15.2 Å². The van der Waals surface area contributed by atoms with Gasteiger partial charge in [0.25, 0.3) is 5.56 Å². The van der Waals surface area contributed by atoms with E-state index < -0.39 is 0 Å². The van der Waals surface area contributed by atoms with Gasteiger partial charge >= 0.3 is 6.03 Å². The van der Waals surface area contributed by atoms with Crippen molar-refractivity contribution in [3.63, 3.8) is 0 Å². The van der Waals surface area contributed by atoms with Crippen LogP contribution in [-0.2, 0) is 13.1 Å². The molecular weight excluding hydrogens is 434 g/mol. The molecule has 3 aromatic rings. The summed E-state index contributed by atoms with van der Waals surface area (Å²) in [7, 11) is 1.61. The van der Waals surface area contributed by atoms with Crippen LogP contribution in [0.4, 0.5) is 4.79 Å². The number of pyridine rings is 1. The summed E-state index contributed by atoms with van der Waals surface area (Å²) in [6.07, 6.45) is 5.43. The summed E-state index contributed by atoms with van der Waals surface area (Å²) in [5.41, 5.74) is 1.93. The highest BCUT2D eigenvalue weighted by atomic mass is 16.7. The zero-order valence-corrected chi connectivity index (χ0v) is 19.3. The van der Waals surface area contributed by atoms with Gasteiger partial charge in [0.15, 0.2) is 11.5 Å². The predicted molar refractivity (Wildman–Crippen MR) is 128 cm³/mol. The van der Waals surface area contributed by atoms with Crippen molar-refractivity contribution < 1.29 is 19.0 Å². The lowest BCUT2D eigenvalue weighted by Crippen LogP contribution is -2.45. The molecule has 0 spiro atoms. The molecule has 0 bridgehead atoms. The number of fused-ring (bicyclic) bond motifs is 2. The number of methoxy groups -OCH3 is 1. The van der Waals surface area contributed by atoms with Crippen molar-refractivity contribution in [3.8, 4) is 17.2 Å². The molecule has 8 nitrogen and oxygen atoms in total. The van der Waals surface area contributed by atoms with E-state index in [9.17, 15) is 9.59 Å². The molecule has 0 saturated heterocycles. The van der Waals surface area contributed by atoms with Gasteiger partial charge in [0.2, 0.25) is 6.79 Å². The fourth-order valence-electron chi connectivity index (χ4n) is 4.65. The Morgan fingerprint density at radius 3 is 2.71 bits per heavy atom. The van der Waals surface area contributed by atoms with E-state index in [1.165, 1.54) is 6.42 Å². The van der Waals surface area contributed by atoms with E-state index in [0.717, 1.165) is 42.1 Å². The summed E-state index contributed by atoms with van der Waals surface area (Å²) in [6, 6.07) is 13.0. The molecular formula is C26H29N3O5. The van der Waals surface area contributed by atoms with Crippen LogP contribution in [0, 0.1) is 0 Å². The predicted octanol–water partition coefficient (Wildman–Crippen LogP) is 4.31. The maximum atomic E-state index is 13.4. The van der Waals surface area contributed by atoms with Crippen molar-refractivity contribution in [2.24, 2.45) is 0 Å². The second-order valence-corrected chi connectivity index (χ2v) is 8.90. The largest absolute Gasteiger partial charge is 0.497 e. The smallest absolute Gasteiger partial charge is 0.318 e. The minimum Gasteiger partial charge on any atom is -0.497 e. The van der Waals surface area contributed by atoms with Gasteiger partial charge in [-0.25, -0.2) is 4.79 Å². The zero-order valence-electron chi connectivity index (χ0n) is 19.3. The van der Waals surface area contributed by atoms with Gasteiger partial charge in [-0.2, -0.15) is 0 Å². The van der Waals surface area contributed by atoms with Gasteiger partial charge in [-0.15, -0.1) is 0 Å². The Morgan fingerprint density at radius 2 is 1.88 bits per heavy atom. The highest BCUT2D eigenvalue weighted by Crippen LogP contribution is 2.33. The number of rotatable bonds is 6. The average molecular weight is 464 g/mol. The van der Waals surface area contributed by atoms with Crippen molar-refractivity contribution >= 4 is 16.9 Å². The molecule has 8 heteroatoms. The first kappa shape index (κ1) is 22.1. The third-order valence-electron chi connectivity index (χ3n) is 6.52. The molecule has 1 aromatic heterocycles. The summed E-state index contributed by atoms with van der Waals surface area (Å²) in [6.45, 7) is 0.709. The lowest BCUT2D eigenvalue weighted by atomic mass is 9.96. The van der Waals surface area contributed by atoms with Gasteiger partial charge in [-0.05, 0) is 54.8 Å². The van der Waals surface area contributed by atoms with Gasteiger partial charge < -0.3 is 29.4 Å². The van der Waals surface area contributed by atoms with E-state index >= 15 is 0 Å². The fourth-order valence-corrected chi connectivity index (χ4v) is 4.65. The van der Waals surface area contributed by atoms with Crippen LogP contribution in [-0.4, -0.2) is 35.9 Å².